The third-order valence-electron chi connectivity index (χ3n) is 5.11. The van der Waals surface area contributed by atoms with Crippen LogP contribution in [0.3, 0.4) is 0 Å². The van der Waals surface area contributed by atoms with Crippen molar-refractivity contribution in [1.29, 1.82) is 0 Å². The number of nitrogens with two attached hydrogens (primary N) is 2. The zero-order valence-corrected chi connectivity index (χ0v) is 17.7. The lowest BCUT2D eigenvalue weighted by Gasteiger charge is -2.31. The Bertz CT molecular complexity index is 737. The summed E-state index contributed by atoms with van der Waals surface area (Å²) in [5.74, 6) is 3.84. The number of nitrogens with one attached hydrogen (secondary N) is 1. The molecule has 7 heteroatoms. The molecule has 158 valence electrons. The number of terminal acetylenes is 1. The number of allylic oxidation sites excluding steroid dienone is 2. The zero-order chi connectivity index (χ0) is 21.1. The van der Waals surface area contributed by atoms with E-state index in [0.717, 1.165) is 62.4 Å². The highest BCUT2D eigenvalue weighted by Gasteiger charge is 2.22. The van der Waals surface area contributed by atoms with Gasteiger partial charge >= 0.3 is 0 Å². The molecule has 0 aliphatic carbocycles. The van der Waals surface area contributed by atoms with E-state index >= 15 is 0 Å². The summed E-state index contributed by atoms with van der Waals surface area (Å²) < 4.78 is 5.26. The van der Waals surface area contributed by atoms with E-state index in [2.05, 4.69) is 33.2 Å². The van der Waals surface area contributed by atoms with Crippen molar-refractivity contribution >= 4 is 12.1 Å². The second-order valence-electron chi connectivity index (χ2n) is 7.40. The van der Waals surface area contributed by atoms with E-state index in [1.807, 2.05) is 6.08 Å². The van der Waals surface area contributed by atoms with Crippen LogP contribution in [0.2, 0.25) is 0 Å². The van der Waals surface area contributed by atoms with Gasteiger partial charge in [-0.05, 0) is 19.0 Å². The summed E-state index contributed by atoms with van der Waals surface area (Å²) in [6.07, 6.45) is 13.0. The van der Waals surface area contributed by atoms with Gasteiger partial charge in [-0.1, -0.05) is 6.08 Å². The first-order valence-electron chi connectivity index (χ1n) is 10.1. The van der Waals surface area contributed by atoms with Crippen molar-refractivity contribution < 1.29 is 4.74 Å². The Morgan fingerprint density at radius 1 is 1.45 bits per heavy atom. The van der Waals surface area contributed by atoms with Crippen LogP contribution in [0.15, 0.2) is 44.7 Å². The first-order chi connectivity index (χ1) is 14.1. The van der Waals surface area contributed by atoms with Gasteiger partial charge in [0.1, 0.15) is 5.84 Å². The second kappa shape index (κ2) is 12.1. The van der Waals surface area contributed by atoms with Gasteiger partial charge in [-0.25, -0.2) is 0 Å². The Hall–Kier alpha value is -2.56. The lowest BCUT2D eigenvalue weighted by atomic mass is 10.0. The van der Waals surface area contributed by atoms with E-state index in [-0.39, 0.29) is 0 Å². The fraction of sp³-hybridized carbons (Fsp3) is 0.545. The van der Waals surface area contributed by atoms with Crippen LogP contribution in [0.5, 0.6) is 0 Å². The third kappa shape index (κ3) is 7.08. The van der Waals surface area contributed by atoms with Gasteiger partial charge in [-0.3, -0.25) is 9.98 Å². The monoisotopic (exact) mass is 398 g/mol. The summed E-state index contributed by atoms with van der Waals surface area (Å²) in [5, 5.41) is 3.58. The first kappa shape index (κ1) is 22.7. The van der Waals surface area contributed by atoms with Crippen LogP contribution in [0.4, 0.5) is 0 Å². The topological polar surface area (TPSA) is 101 Å². The van der Waals surface area contributed by atoms with Crippen molar-refractivity contribution in [3.8, 4) is 12.3 Å². The molecule has 0 atom stereocenters. The molecule has 2 aliphatic rings. The molecular weight excluding hydrogens is 364 g/mol. The van der Waals surface area contributed by atoms with Gasteiger partial charge in [0.15, 0.2) is 0 Å². The molecule has 1 saturated heterocycles. The van der Waals surface area contributed by atoms with Crippen LogP contribution in [0, 0.1) is 18.3 Å². The number of rotatable bonds is 10. The molecule has 0 saturated carbocycles. The molecule has 2 aliphatic heterocycles. The van der Waals surface area contributed by atoms with E-state index in [4.69, 9.17) is 22.6 Å². The summed E-state index contributed by atoms with van der Waals surface area (Å²) in [6.45, 7) is 4.87. The molecule has 7 nitrogen and oxygen atoms in total. The van der Waals surface area contributed by atoms with Crippen LogP contribution in [0.1, 0.15) is 19.3 Å². The average Bonchev–Trinajstić information content (AvgIpc) is 2.68. The highest BCUT2D eigenvalue weighted by Crippen LogP contribution is 2.18. The molecule has 2 rings (SSSR count). The predicted molar refractivity (Wildman–Crippen MR) is 121 cm³/mol. The van der Waals surface area contributed by atoms with E-state index in [9.17, 15) is 0 Å². The minimum absolute atomic E-state index is 0.470. The van der Waals surface area contributed by atoms with Crippen molar-refractivity contribution in [1.82, 2.24) is 10.2 Å². The first-order valence-corrected chi connectivity index (χ1v) is 10.1. The molecular formula is C22H34N6O. The SMILES string of the molecule is C#CCC/C(=C\CN=C(N)C1=C(NCC2COC2)CCN(C)C1)C(C=NC)=CN. The molecule has 0 spiro atoms. The lowest BCUT2D eigenvalue weighted by molar-refractivity contribution is -0.0298. The molecule has 0 amide bonds. The highest BCUT2D eigenvalue weighted by atomic mass is 16.5. The molecule has 0 aromatic heterocycles. The van der Waals surface area contributed by atoms with Crippen LogP contribution in [-0.4, -0.2) is 70.4 Å². The Morgan fingerprint density at radius 3 is 2.86 bits per heavy atom. The minimum Gasteiger partial charge on any atom is -0.404 e. The number of aliphatic imine (C=N–C) groups is 2. The maximum atomic E-state index is 6.38. The number of likely N-dealkylation sites (N-methyl/N-ethyl adjacent to an activating group) is 1. The molecule has 1 fully saturated rings. The molecule has 0 aromatic carbocycles. The third-order valence-corrected chi connectivity index (χ3v) is 5.11. The van der Waals surface area contributed by atoms with Crippen LogP contribution in [0.25, 0.3) is 0 Å². The normalized spacial score (nSPS) is 20.1. The number of nitrogens with zero attached hydrogens (tertiary/aromatic N) is 3. The largest absolute Gasteiger partial charge is 0.404 e. The van der Waals surface area contributed by atoms with Crippen LogP contribution in [-0.2, 0) is 4.74 Å². The van der Waals surface area contributed by atoms with Crippen molar-refractivity contribution in [3.05, 3.63) is 34.7 Å². The Morgan fingerprint density at radius 2 is 2.24 bits per heavy atom. The van der Waals surface area contributed by atoms with Crippen molar-refractivity contribution in [2.45, 2.75) is 19.3 Å². The summed E-state index contributed by atoms with van der Waals surface area (Å²) >= 11 is 0. The van der Waals surface area contributed by atoms with Gasteiger partial charge < -0.3 is 26.4 Å². The maximum Gasteiger partial charge on any atom is 0.124 e. The van der Waals surface area contributed by atoms with Crippen LogP contribution < -0.4 is 16.8 Å². The summed E-state index contributed by atoms with van der Waals surface area (Å²) in [5.41, 5.74) is 16.3. The Labute approximate surface area is 174 Å². The zero-order valence-electron chi connectivity index (χ0n) is 17.7. The fourth-order valence-electron chi connectivity index (χ4n) is 3.29. The van der Waals surface area contributed by atoms with Gasteiger partial charge in [0, 0.05) is 74.7 Å². The average molecular weight is 399 g/mol. The summed E-state index contributed by atoms with van der Waals surface area (Å²) in [4.78, 5) is 10.9. The highest BCUT2D eigenvalue weighted by molar-refractivity contribution is 5.98. The number of hydrogen-bond acceptors (Lipinski definition) is 6. The molecule has 2 heterocycles. The van der Waals surface area contributed by atoms with Gasteiger partial charge in [0.05, 0.1) is 19.8 Å². The molecule has 29 heavy (non-hydrogen) atoms. The second-order valence-corrected chi connectivity index (χ2v) is 7.40. The Kier molecular flexibility index (Phi) is 9.48. The van der Waals surface area contributed by atoms with Gasteiger partial charge in [-0.2, -0.15) is 0 Å². The minimum atomic E-state index is 0.470. The lowest BCUT2D eigenvalue weighted by Crippen LogP contribution is -2.41. The van der Waals surface area contributed by atoms with E-state index in [1.165, 1.54) is 5.70 Å². The van der Waals surface area contributed by atoms with Crippen molar-refractivity contribution in [2.24, 2.45) is 27.4 Å². The number of hydrogen-bond donors (Lipinski definition) is 3. The maximum absolute atomic E-state index is 6.38. The molecule has 0 radical (unpaired) electrons. The smallest absolute Gasteiger partial charge is 0.124 e. The van der Waals surface area contributed by atoms with Gasteiger partial charge in [0.2, 0.25) is 0 Å². The van der Waals surface area contributed by atoms with Gasteiger partial charge in [0.25, 0.3) is 0 Å². The van der Waals surface area contributed by atoms with Crippen molar-refractivity contribution in [3.63, 3.8) is 0 Å². The molecule has 0 bridgehead atoms. The Balaban J connectivity index is 2.12. The summed E-state index contributed by atoms with van der Waals surface area (Å²) in [7, 11) is 3.82. The number of ether oxygens (including phenoxy) is 1. The van der Waals surface area contributed by atoms with E-state index < -0.39 is 0 Å². The van der Waals surface area contributed by atoms with Crippen molar-refractivity contribution in [2.75, 3.05) is 53.5 Å². The molecule has 0 aromatic rings. The molecule has 5 N–H and O–H groups in total. The van der Waals surface area contributed by atoms with E-state index in [1.54, 1.807) is 19.5 Å². The standard InChI is InChI=1S/C22H34N6O/c1-4-5-6-18(19(11-23)13-25-2)7-9-26-22(24)20-14-28(3)10-8-21(20)27-12-17-15-29-16-17/h1,7,11,13,17,27H,5-6,8-10,12,14-16,23H2,2-3H3,(H2,24,26)/b18-7+,19-11?,25-13?. The van der Waals surface area contributed by atoms with Crippen LogP contribution >= 0.6 is 0 Å². The molecule has 0 unspecified atom stereocenters. The predicted octanol–water partition coefficient (Wildman–Crippen LogP) is 1.05. The summed E-state index contributed by atoms with van der Waals surface area (Å²) in [6, 6.07) is 0. The van der Waals surface area contributed by atoms with E-state index in [0.29, 0.717) is 24.7 Å². The quantitative estimate of drug-likeness (QED) is 0.221. The fourth-order valence-corrected chi connectivity index (χ4v) is 3.29. The van der Waals surface area contributed by atoms with Gasteiger partial charge in [-0.15, -0.1) is 12.3 Å². The number of amidine groups is 1.